The van der Waals surface area contributed by atoms with E-state index in [0.717, 1.165) is 22.4 Å². The molecule has 0 N–H and O–H groups in total. The van der Waals surface area contributed by atoms with Crippen LogP contribution in [0.25, 0.3) is 22.4 Å². The summed E-state index contributed by atoms with van der Waals surface area (Å²) in [4.78, 5) is 24.2. The highest BCUT2D eigenvalue weighted by Crippen LogP contribution is 2.26. The Morgan fingerprint density at radius 1 is 0.853 bits per heavy atom. The Morgan fingerprint density at radius 3 is 2.15 bits per heavy atom. The van der Waals surface area contributed by atoms with Crippen molar-refractivity contribution in [1.29, 1.82) is 0 Å². The molecule has 0 aliphatic heterocycles. The van der Waals surface area contributed by atoms with Gasteiger partial charge in [-0.15, -0.1) is 0 Å². The molecular formula is C29H29N3O2. The highest BCUT2D eigenvalue weighted by Gasteiger charge is 2.26. The number of benzene rings is 3. The highest BCUT2D eigenvalue weighted by molar-refractivity contribution is 6.00. The van der Waals surface area contributed by atoms with Crippen LogP contribution in [0.1, 0.15) is 24.2 Å². The normalized spacial score (nSPS) is 11.8. The number of carbonyl (C=O) groups is 1. The molecule has 0 saturated heterocycles. The molecule has 0 fully saturated rings. The molecule has 34 heavy (non-hydrogen) atoms. The van der Waals surface area contributed by atoms with Crippen LogP contribution in [0.15, 0.2) is 97.2 Å². The van der Waals surface area contributed by atoms with Gasteiger partial charge in [-0.05, 0) is 29.2 Å². The first-order chi connectivity index (χ1) is 16.5. The van der Waals surface area contributed by atoms with E-state index in [1.165, 1.54) is 0 Å². The fraction of sp³-hybridized carbons (Fsp3) is 0.207. The molecule has 1 heterocycles. The van der Waals surface area contributed by atoms with E-state index in [0.29, 0.717) is 18.2 Å². The minimum atomic E-state index is -0.152. The number of hydrogen-bond donors (Lipinski definition) is 0. The van der Waals surface area contributed by atoms with Gasteiger partial charge in [0.1, 0.15) is 6.61 Å². The first-order valence-corrected chi connectivity index (χ1v) is 11.5. The topological polar surface area (TPSA) is 55.3 Å². The molecule has 0 spiro atoms. The molecule has 5 nitrogen and oxygen atoms in total. The minimum Gasteiger partial charge on any atom is -0.461 e. The molecular weight excluding hydrogens is 422 g/mol. The lowest BCUT2D eigenvalue weighted by Crippen LogP contribution is -2.44. The first kappa shape index (κ1) is 23.2. The van der Waals surface area contributed by atoms with Crippen LogP contribution in [0.4, 0.5) is 0 Å². The lowest BCUT2D eigenvalue weighted by atomic mass is 9.97. The maximum atomic E-state index is 13.6. The molecule has 0 bridgehead atoms. The second-order valence-electron chi connectivity index (χ2n) is 8.54. The lowest BCUT2D eigenvalue weighted by Gasteiger charge is -2.31. The molecule has 0 aliphatic rings. The molecule has 1 aromatic heterocycles. The van der Waals surface area contributed by atoms with Crippen LogP contribution in [0.2, 0.25) is 0 Å². The maximum absolute atomic E-state index is 13.6. The van der Waals surface area contributed by atoms with Crippen LogP contribution in [0.5, 0.6) is 6.01 Å². The molecule has 4 rings (SSSR count). The van der Waals surface area contributed by atoms with Crippen molar-refractivity contribution in [1.82, 2.24) is 14.9 Å². The molecule has 0 radical (unpaired) electrons. The number of hydrogen-bond acceptors (Lipinski definition) is 4. The summed E-state index contributed by atoms with van der Waals surface area (Å²) in [5.74, 6) is 0.135. The Balaban J connectivity index is 1.52. The Labute approximate surface area is 201 Å². The van der Waals surface area contributed by atoms with Crippen molar-refractivity contribution in [2.24, 2.45) is 5.92 Å². The van der Waals surface area contributed by atoms with Gasteiger partial charge in [-0.25, -0.2) is 4.98 Å². The second kappa shape index (κ2) is 10.8. The van der Waals surface area contributed by atoms with Gasteiger partial charge in [-0.3, -0.25) is 4.79 Å². The van der Waals surface area contributed by atoms with Crippen molar-refractivity contribution in [3.05, 3.63) is 103 Å². The molecule has 172 valence electrons. The molecule has 1 atom stereocenters. The summed E-state index contributed by atoms with van der Waals surface area (Å²) in [5, 5.41) is 0. The molecule has 0 saturated carbocycles. The minimum absolute atomic E-state index is 0.0410. The van der Waals surface area contributed by atoms with Crippen molar-refractivity contribution >= 4 is 5.91 Å². The van der Waals surface area contributed by atoms with Crippen LogP contribution in [0.3, 0.4) is 0 Å². The Morgan fingerprint density at radius 2 is 1.47 bits per heavy atom. The zero-order valence-corrected chi connectivity index (χ0v) is 19.8. The Kier molecular flexibility index (Phi) is 7.33. The van der Waals surface area contributed by atoms with Crippen molar-refractivity contribution < 1.29 is 9.53 Å². The number of nitrogens with zero attached hydrogens (tertiary/aromatic N) is 3. The Hall–Kier alpha value is -3.99. The van der Waals surface area contributed by atoms with E-state index in [1.54, 1.807) is 11.1 Å². The van der Waals surface area contributed by atoms with Gasteiger partial charge in [0, 0.05) is 24.4 Å². The summed E-state index contributed by atoms with van der Waals surface area (Å²) in [6.07, 6.45) is 1.69. The molecule has 5 heteroatoms. The van der Waals surface area contributed by atoms with E-state index in [2.05, 4.69) is 23.8 Å². The SMILES string of the molecule is CC(C)[C@@H](COc1nccc(-c2ccccc2)n1)N(C)C(=O)c1ccccc1-c1ccccc1. The van der Waals surface area contributed by atoms with E-state index in [1.807, 2.05) is 98.0 Å². The van der Waals surface area contributed by atoms with Crippen molar-refractivity contribution in [3.8, 4) is 28.4 Å². The molecule has 0 aliphatic carbocycles. The van der Waals surface area contributed by atoms with Gasteiger partial charge in [0.2, 0.25) is 0 Å². The van der Waals surface area contributed by atoms with Crippen LogP contribution in [-0.2, 0) is 0 Å². The third-order valence-electron chi connectivity index (χ3n) is 5.92. The first-order valence-electron chi connectivity index (χ1n) is 11.5. The average molecular weight is 452 g/mol. The van der Waals surface area contributed by atoms with Crippen molar-refractivity contribution in [2.45, 2.75) is 19.9 Å². The molecule has 3 aromatic carbocycles. The number of likely N-dealkylation sites (N-methyl/N-ethyl adjacent to an activating group) is 1. The van der Waals surface area contributed by atoms with E-state index < -0.39 is 0 Å². The van der Waals surface area contributed by atoms with Gasteiger partial charge in [-0.1, -0.05) is 92.7 Å². The zero-order valence-electron chi connectivity index (χ0n) is 19.8. The van der Waals surface area contributed by atoms with Crippen LogP contribution < -0.4 is 4.74 Å². The van der Waals surface area contributed by atoms with Crippen LogP contribution in [-0.4, -0.2) is 40.5 Å². The zero-order chi connectivity index (χ0) is 23.9. The largest absolute Gasteiger partial charge is 0.461 e. The van der Waals surface area contributed by atoms with Crippen molar-refractivity contribution in [2.75, 3.05) is 13.7 Å². The summed E-state index contributed by atoms with van der Waals surface area (Å²) in [7, 11) is 1.83. The number of amides is 1. The van der Waals surface area contributed by atoms with Gasteiger partial charge in [0.05, 0.1) is 11.7 Å². The fourth-order valence-corrected chi connectivity index (χ4v) is 3.97. The lowest BCUT2D eigenvalue weighted by molar-refractivity contribution is 0.0604. The van der Waals surface area contributed by atoms with E-state index >= 15 is 0 Å². The van der Waals surface area contributed by atoms with Gasteiger partial charge >= 0.3 is 6.01 Å². The summed E-state index contributed by atoms with van der Waals surface area (Å²) >= 11 is 0. The van der Waals surface area contributed by atoms with Gasteiger partial charge in [-0.2, -0.15) is 4.98 Å². The summed E-state index contributed by atoms with van der Waals surface area (Å²) in [6, 6.07) is 29.6. The number of rotatable bonds is 8. The summed E-state index contributed by atoms with van der Waals surface area (Å²) in [6.45, 7) is 4.47. The third-order valence-corrected chi connectivity index (χ3v) is 5.92. The van der Waals surface area contributed by atoms with Gasteiger partial charge in [0.15, 0.2) is 0 Å². The van der Waals surface area contributed by atoms with Gasteiger partial charge in [0.25, 0.3) is 5.91 Å². The second-order valence-corrected chi connectivity index (χ2v) is 8.54. The number of ether oxygens (including phenoxy) is 1. The molecule has 0 unspecified atom stereocenters. The van der Waals surface area contributed by atoms with Crippen LogP contribution in [0, 0.1) is 5.92 Å². The van der Waals surface area contributed by atoms with Gasteiger partial charge < -0.3 is 9.64 Å². The predicted molar refractivity (Wildman–Crippen MR) is 136 cm³/mol. The van der Waals surface area contributed by atoms with Crippen LogP contribution >= 0.6 is 0 Å². The number of aromatic nitrogens is 2. The molecule has 1 amide bonds. The average Bonchev–Trinajstić information content (AvgIpc) is 2.89. The Bertz CT molecular complexity index is 1230. The van der Waals surface area contributed by atoms with E-state index in [9.17, 15) is 4.79 Å². The fourth-order valence-electron chi connectivity index (χ4n) is 3.97. The maximum Gasteiger partial charge on any atom is 0.316 e. The summed E-state index contributed by atoms with van der Waals surface area (Å²) in [5.41, 5.74) is 4.41. The quantitative estimate of drug-likeness (QED) is 0.330. The highest BCUT2D eigenvalue weighted by atomic mass is 16.5. The molecule has 4 aromatic rings. The van der Waals surface area contributed by atoms with E-state index in [-0.39, 0.29) is 17.9 Å². The summed E-state index contributed by atoms with van der Waals surface area (Å²) < 4.78 is 6.00. The standard InChI is InChI=1S/C29H29N3O2/c1-21(2)27(20-34-29-30-19-18-26(31-29)23-14-8-5-9-15-23)32(3)28(33)25-17-11-10-16-24(25)22-12-6-4-7-13-22/h4-19,21,27H,20H2,1-3H3/t27-/m1/s1. The van der Waals surface area contributed by atoms with Crippen molar-refractivity contribution in [3.63, 3.8) is 0 Å². The third kappa shape index (κ3) is 5.31. The smallest absolute Gasteiger partial charge is 0.316 e. The monoisotopic (exact) mass is 451 g/mol. The van der Waals surface area contributed by atoms with E-state index in [4.69, 9.17) is 4.74 Å². The number of carbonyl (C=O) groups excluding carboxylic acids is 1. The predicted octanol–water partition coefficient (Wildman–Crippen LogP) is 5.99.